The lowest BCUT2D eigenvalue weighted by Gasteiger charge is -2.32. The van der Waals surface area contributed by atoms with E-state index in [0.717, 1.165) is 18.2 Å². The second-order valence-electron chi connectivity index (χ2n) is 10.5. The first kappa shape index (κ1) is 33.4. The Labute approximate surface area is 269 Å². The van der Waals surface area contributed by atoms with E-state index >= 15 is 0 Å². The minimum Gasteiger partial charge on any atom is -0.486 e. The van der Waals surface area contributed by atoms with Crippen LogP contribution in [0.25, 0.3) is 0 Å². The molecule has 3 aromatic carbocycles. The fourth-order valence-corrected chi connectivity index (χ4v) is 6.44. The highest BCUT2D eigenvalue weighted by atomic mass is 35.5. The predicted molar refractivity (Wildman–Crippen MR) is 173 cm³/mol. The van der Waals surface area contributed by atoms with Gasteiger partial charge in [0.15, 0.2) is 11.5 Å². The van der Waals surface area contributed by atoms with Crippen molar-refractivity contribution < 1.29 is 27.5 Å². The van der Waals surface area contributed by atoms with Gasteiger partial charge in [-0.15, -0.1) is 0 Å². The minimum absolute atomic E-state index is 0.00629. The molecule has 1 N–H and O–H groups in total. The van der Waals surface area contributed by atoms with Gasteiger partial charge in [0.2, 0.25) is 21.8 Å². The van der Waals surface area contributed by atoms with Crippen LogP contribution in [0.3, 0.4) is 0 Å². The molecule has 0 aliphatic carbocycles. The number of ether oxygens (including phenoxy) is 2. The van der Waals surface area contributed by atoms with Crippen LogP contribution in [0.5, 0.6) is 11.5 Å². The number of fused-ring (bicyclic) bond motifs is 1. The summed E-state index contributed by atoms with van der Waals surface area (Å²) in [5.74, 6) is 0.386. The van der Waals surface area contributed by atoms with Crippen LogP contribution in [0.15, 0.2) is 66.7 Å². The summed E-state index contributed by atoms with van der Waals surface area (Å²) in [6.07, 6.45) is 2.30. The van der Waals surface area contributed by atoms with Gasteiger partial charge >= 0.3 is 0 Å². The van der Waals surface area contributed by atoms with E-state index in [4.69, 9.17) is 32.7 Å². The molecule has 0 radical (unpaired) electrons. The Morgan fingerprint density at radius 2 is 1.64 bits per heavy atom. The Morgan fingerprint density at radius 3 is 2.30 bits per heavy atom. The van der Waals surface area contributed by atoms with Crippen molar-refractivity contribution in [2.24, 2.45) is 0 Å². The molecule has 0 bridgehead atoms. The number of carbonyl (C=O) groups is 2. The van der Waals surface area contributed by atoms with Gasteiger partial charge in [-0.05, 0) is 42.7 Å². The molecule has 3 aromatic rings. The Bertz CT molecular complexity index is 1530. The Balaban J connectivity index is 1.60. The summed E-state index contributed by atoms with van der Waals surface area (Å²) < 4.78 is 38.0. The molecule has 0 spiro atoms. The number of amides is 2. The lowest BCUT2D eigenvalue weighted by atomic mass is 10.0. The first-order valence-corrected chi connectivity index (χ1v) is 17.1. The standard InChI is InChI=1S/C32H37Cl2N3O6S/c1-3-16-35-32(39)28(20-23-9-5-4-6-10-23)36(22-25-26(33)11-7-12-27(25)34)31(38)13-8-17-37(44(2,40)41)24-14-15-29-30(21-24)43-19-18-42-29/h4-7,9-12,14-15,21,28H,3,8,13,16-20,22H2,1-2H3,(H,35,39)/t28-/m1/s1. The molecule has 9 nitrogen and oxygen atoms in total. The summed E-state index contributed by atoms with van der Waals surface area (Å²) in [6.45, 7) is 3.24. The quantitative estimate of drug-likeness (QED) is 0.245. The Kier molecular flexibility index (Phi) is 11.8. The number of hydrogen-bond acceptors (Lipinski definition) is 6. The van der Waals surface area contributed by atoms with Gasteiger partial charge < -0.3 is 19.7 Å². The second-order valence-corrected chi connectivity index (χ2v) is 13.2. The van der Waals surface area contributed by atoms with Gasteiger partial charge in [-0.25, -0.2) is 8.42 Å². The maximum atomic E-state index is 14.0. The highest BCUT2D eigenvalue weighted by molar-refractivity contribution is 7.92. The van der Waals surface area contributed by atoms with E-state index in [1.54, 1.807) is 36.4 Å². The lowest BCUT2D eigenvalue weighted by Crippen LogP contribution is -2.50. The normalized spacial score (nSPS) is 13.2. The predicted octanol–water partition coefficient (Wildman–Crippen LogP) is 5.48. The number of sulfonamides is 1. The molecule has 1 aliphatic heterocycles. The average molecular weight is 663 g/mol. The van der Waals surface area contributed by atoms with E-state index in [9.17, 15) is 18.0 Å². The van der Waals surface area contributed by atoms with Gasteiger partial charge in [0, 0.05) is 54.2 Å². The Hall–Kier alpha value is -3.47. The van der Waals surface area contributed by atoms with Gasteiger partial charge in [0.25, 0.3) is 0 Å². The number of halogens is 2. The van der Waals surface area contributed by atoms with Crippen LogP contribution in [0, 0.1) is 0 Å². The van der Waals surface area contributed by atoms with Crippen LogP contribution in [0.2, 0.25) is 10.0 Å². The molecular weight excluding hydrogens is 625 g/mol. The third-order valence-corrected chi connectivity index (χ3v) is 9.08. The van der Waals surface area contributed by atoms with E-state index in [1.807, 2.05) is 37.3 Å². The Morgan fingerprint density at radius 1 is 0.955 bits per heavy atom. The highest BCUT2D eigenvalue weighted by Gasteiger charge is 2.31. The summed E-state index contributed by atoms with van der Waals surface area (Å²) in [5.41, 5.74) is 1.82. The third-order valence-electron chi connectivity index (χ3n) is 7.18. The van der Waals surface area contributed by atoms with Crippen molar-refractivity contribution in [2.75, 3.05) is 36.9 Å². The lowest BCUT2D eigenvalue weighted by molar-refractivity contribution is -0.141. The number of hydrogen-bond donors (Lipinski definition) is 1. The molecule has 44 heavy (non-hydrogen) atoms. The van der Waals surface area contributed by atoms with E-state index in [0.29, 0.717) is 52.6 Å². The molecule has 1 aliphatic rings. The highest BCUT2D eigenvalue weighted by Crippen LogP contribution is 2.35. The van der Waals surface area contributed by atoms with Crippen LogP contribution in [0.4, 0.5) is 5.69 Å². The topological polar surface area (TPSA) is 105 Å². The summed E-state index contributed by atoms with van der Waals surface area (Å²) in [4.78, 5) is 29.0. The van der Waals surface area contributed by atoms with Crippen LogP contribution in [-0.2, 0) is 32.6 Å². The van der Waals surface area contributed by atoms with Crippen LogP contribution < -0.4 is 19.1 Å². The molecule has 0 saturated heterocycles. The molecule has 0 aromatic heterocycles. The number of carbonyl (C=O) groups excluding carboxylic acids is 2. The van der Waals surface area contributed by atoms with Crippen LogP contribution in [0.1, 0.15) is 37.3 Å². The summed E-state index contributed by atoms with van der Waals surface area (Å²) in [6, 6.07) is 18.6. The summed E-state index contributed by atoms with van der Waals surface area (Å²) >= 11 is 13.0. The van der Waals surface area contributed by atoms with Crippen molar-refractivity contribution >= 4 is 50.7 Å². The van der Waals surface area contributed by atoms with Gasteiger partial charge in [-0.3, -0.25) is 13.9 Å². The zero-order chi connectivity index (χ0) is 31.7. The molecule has 0 fully saturated rings. The van der Waals surface area contributed by atoms with Crippen LogP contribution >= 0.6 is 23.2 Å². The molecule has 12 heteroatoms. The monoisotopic (exact) mass is 661 g/mol. The number of nitrogens with one attached hydrogen (secondary N) is 1. The van der Waals surface area contributed by atoms with Gasteiger partial charge in [0.1, 0.15) is 19.3 Å². The molecule has 1 atom stereocenters. The SMILES string of the molecule is CCCNC(=O)[C@@H](Cc1ccccc1)N(Cc1c(Cl)cccc1Cl)C(=O)CCCN(c1ccc2c(c1)OCCO2)S(C)(=O)=O. The van der Waals surface area contributed by atoms with Crippen molar-refractivity contribution in [1.29, 1.82) is 0 Å². The zero-order valence-electron chi connectivity index (χ0n) is 24.8. The van der Waals surface area contributed by atoms with Crippen LogP contribution in [-0.4, -0.2) is 63.7 Å². The van der Waals surface area contributed by atoms with E-state index in [2.05, 4.69) is 5.32 Å². The van der Waals surface area contributed by atoms with Crippen molar-refractivity contribution in [2.45, 2.75) is 45.2 Å². The molecule has 0 unspecified atom stereocenters. The smallest absolute Gasteiger partial charge is 0.243 e. The van der Waals surface area contributed by atoms with Gasteiger partial charge in [0.05, 0.1) is 11.9 Å². The molecular formula is C32H37Cl2N3O6S. The number of benzene rings is 3. The number of nitrogens with zero attached hydrogens (tertiary/aromatic N) is 2. The molecule has 236 valence electrons. The van der Waals surface area contributed by atoms with Gasteiger partial charge in [-0.1, -0.05) is 66.5 Å². The summed E-state index contributed by atoms with van der Waals surface area (Å²) in [5, 5.41) is 3.69. The summed E-state index contributed by atoms with van der Waals surface area (Å²) in [7, 11) is -3.69. The average Bonchev–Trinajstić information content (AvgIpc) is 3.00. The molecule has 4 rings (SSSR count). The van der Waals surface area contributed by atoms with Crippen molar-refractivity contribution in [3.8, 4) is 11.5 Å². The van der Waals surface area contributed by atoms with E-state index in [1.165, 1.54) is 9.21 Å². The molecule has 2 amide bonds. The number of rotatable bonds is 14. The zero-order valence-corrected chi connectivity index (χ0v) is 27.1. The first-order chi connectivity index (χ1) is 21.1. The van der Waals surface area contributed by atoms with E-state index < -0.39 is 16.1 Å². The maximum absolute atomic E-state index is 14.0. The van der Waals surface area contributed by atoms with Gasteiger partial charge in [-0.2, -0.15) is 0 Å². The maximum Gasteiger partial charge on any atom is 0.243 e. The van der Waals surface area contributed by atoms with Crippen molar-refractivity contribution in [3.63, 3.8) is 0 Å². The molecule has 1 heterocycles. The minimum atomic E-state index is -3.69. The van der Waals surface area contributed by atoms with Crippen molar-refractivity contribution in [3.05, 3.63) is 87.9 Å². The van der Waals surface area contributed by atoms with E-state index in [-0.39, 0.29) is 44.2 Å². The number of anilines is 1. The largest absolute Gasteiger partial charge is 0.486 e. The fraction of sp³-hybridized carbons (Fsp3) is 0.375. The molecule has 0 saturated carbocycles. The first-order valence-electron chi connectivity index (χ1n) is 14.5. The third kappa shape index (κ3) is 8.80. The van der Waals surface area contributed by atoms with Crippen molar-refractivity contribution in [1.82, 2.24) is 10.2 Å². The fourth-order valence-electron chi connectivity index (χ4n) is 4.96. The second kappa shape index (κ2) is 15.5.